The Morgan fingerprint density at radius 2 is 1.88 bits per heavy atom. The van der Waals surface area contributed by atoms with E-state index in [2.05, 4.69) is 0 Å². The molecule has 7 nitrogen and oxygen atoms in total. The van der Waals surface area contributed by atoms with Crippen molar-refractivity contribution in [2.75, 3.05) is 0 Å². The minimum absolute atomic E-state index is 0.258. The van der Waals surface area contributed by atoms with E-state index in [0.29, 0.717) is 6.42 Å². The maximum Gasteiger partial charge on any atom is 0.335 e. The number of ether oxygens (including phenoxy) is 2. The first-order chi connectivity index (χ1) is 7.88. The topological polar surface area (TPSA) is 116 Å². The van der Waals surface area contributed by atoms with E-state index in [4.69, 9.17) is 14.6 Å². The van der Waals surface area contributed by atoms with Crippen molar-refractivity contribution >= 4 is 5.97 Å². The van der Waals surface area contributed by atoms with E-state index in [1.165, 1.54) is 0 Å². The van der Waals surface area contributed by atoms with Crippen molar-refractivity contribution in [1.82, 2.24) is 0 Å². The van der Waals surface area contributed by atoms with E-state index in [1.807, 2.05) is 6.92 Å². The van der Waals surface area contributed by atoms with Crippen LogP contribution in [0.3, 0.4) is 0 Å². The highest BCUT2D eigenvalue weighted by Gasteiger charge is 2.47. The van der Waals surface area contributed by atoms with E-state index in [1.54, 1.807) is 6.92 Å². The maximum atomic E-state index is 10.8. The molecule has 1 fully saturated rings. The molecule has 0 spiro atoms. The number of rotatable bonds is 4. The van der Waals surface area contributed by atoms with E-state index in [9.17, 15) is 20.1 Å². The Morgan fingerprint density at radius 1 is 1.29 bits per heavy atom. The number of hydrogen-bond donors (Lipinski definition) is 4. The molecule has 7 heteroatoms. The Bertz CT molecular complexity index is 269. The highest BCUT2D eigenvalue weighted by Crippen LogP contribution is 2.23. The molecule has 0 amide bonds. The molecule has 0 radical (unpaired) electrons. The molecule has 4 N–H and O–H groups in total. The predicted octanol–water partition coefficient (Wildman–Crippen LogP) is -1.31. The summed E-state index contributed by atoms with van der Waals surface area (Å²) < 4.78 is 10.2. The minimum Gasteiger partial charge on any atom is -0.479 e. The van der Waals surface area contributed by atoms with E-state index >= 15 is 0 Å². The van der Waals surface area contributed by atoms with Gasteiger partial charge < -0.3 is 29.9 Å². The second kappa shape index (κ2) is 5.74. The monoisotopic (exact) mass is 250 g/mol. The first kappa shape index (κ1) is 14.3. The molecular formula is C10H18O7. The van der Waals surface area contributed by atoms with E-state index in [0.717, 1.165) is 0 Å². The molecular weight excluding hydrogens is 232 g/mol. The Hall–Kier alpha value is -0.730. The van der Waals surface area contributed by atoms with Crippen molar-refractivity contribution in [3.8, 4) is 0 Å². The van der Waals surface area contributed by atoms with Gasteiger partial charge in [0.25, 0.3) is 0 Å². The quantitative estimate of drug-likeness (QED) is 0.489. The van der Waals surface area contributed by atoms with Gasteiger partial charge in [-0.2, -0.15) is 0 Å². The molecule has 1 aliphatic heterocycles. The zero-order valence-corrected chi connectivity index (χ0v) is 9.68. The lowest BCUT2D eigenvalue weighted by molar-refractivity contribution is -0.303. The van der Waals surface area contributed by atoms with Gasteiger partial charge in [-0.05, 0) is 13.3 Å². The second-order valence-electron chi connectivity index (χ2n) is 4.09. The van der Waals surface area contributed by atoms with Gasteiger partial charge in [-0.15, -0.1) is 0 Å². The summed E-state index contributed by atoms with van der Waals surface area (Å²) in [7, 11) is 0. The van der Waals surface area contributed by atoms with Gasteiger partial charge in [0.05, 0.1) is 6.10 Å². The molecule has 1 heterocycles. The van der Waals surface area contributed by atoms with Crippen LogP contribution in [0.4, 0.5) is 0 Å². The van der Waals surface area contributed by atoms with Crippen LogP contribution in [0.15, 0.2) is 0 Å². The van der Waals surface area contributed by atoms with Crippen LogP contribution in [0, 0.1) is 0 Å². The molecule has 0 aromatic carbocycles. The molecule has 17 heavy (non-hydrogen) atoms. The normalized spacial score (nSPS) is 39.9. The lowest BCUT2D eigenvalue weighted by Gasteiger charge is -2.39. The first-order valence-corrected chi connectivity index (χ1v) is 5.46. The van der Waals surface area contributed by atoms with Crippen molar-refractivity contribution in [2.45, 2.75) is 57.1 Å². The molecule has 0 bridgehead atoms. The molecule has 1 aliphatic rings. The van der Waals surface area contributed by atoms with Crippen molar-refractivity contribution in [3.63, 3.8) is 0 Å². The highest BCUT2D eigenvalue weighted by molar-refractivity contribution is 5.73. The third-order valence-corrected chi connectivity index (χ3v) is 2.75. The average molecular weight is 250 g/mol. The average Bonchev–Trinajstić information content (AvgIpc) is 2.29. The number of aliphatic hydroxyl groups is 3. The summed E-state index contributed by atoms with van der Waals surface area (Å²) in [4.78, 5) is 10.8. The van der Waals surface area contributed by atoms with Gasteiger partial charge in [-0.25, -0.2) is 4.79 Å². The van der Waals surface area contributed by atoms with Crippen LogP contribution in [0.5, 0.6) is 0 Å². The Morgan fingerprint density at radius 3 is 2.35 bits per heavy atom. The lowest BCUT2D eigenvalue weighted by atomic mass is 9.99. The summed E-state index contributed by atoms with van der Waals surface area (Å²) in [5, 5.41) is 37.3. The van der Waals surface area contributed by atoms with Crippen molar-refractivity contribution in [3.05, 3.63) is 0 Å². The molecule has 100 valence electrons. The Balaban J connectivity index is 2.74. The predicted molar refractivity (Wildman–Crippen MR) is 55.2 cm³/mol. The molecule has 0 aromatic rings. The van der Waals surface area contributed by atoms with Gasteiger partial charge >= 0.3 is 5.97 Å². The SMILES string of the molecule is CCC(C)OC1OC(C(=O)O)C(O)C(O)C1O. The Kier molecular flexibility index (Phi) is 4.84. The van der Waals surface area contributed by atoms with Gasteiger partial charge in [-0.3, -0.25) is 0 Å². The highest BCUT2D eigenvalue weighted by atomic mass is 16.7. The standard InChI is InChI=1S/C10H18O7/c1-3-4(2)16-10-7(13)5(11)6(12)8(17-10)9(14)15/h4-8,10-13H,3H2,1-2H3,(H,14,15). The summed E-state index contributed by atoms with van der Waals surface area (Å²) in [6.45, 7) is 3.57. The number of aliphatic carboxylic acids is 1. The van der Waals surface area contributed by atoms with Gasteiger partial charge in [0, 0.05) is 0 Å². The lowest BCUT2D eigenvalue weighted by Crippen LogP contribution is -2.60. The fraction of sp³-hybridized carbons (Fsp3) is 0.900. The zero-order valence-electron chi connectivity index (χ0n) is 9.68. The molecule has 1 rings (SSSR count). The van der Waals surface area contributed by atoms with E-state index < -0.39 is 36.7 Å². The van der Waals surface area contributed by atoms with Crippen molar-refractivity contribution < 1.29 is 34.7 Å². The van der Waals surface area contributed by atoms with Crippen LogP contribution in [0.25, 0.3) is 0 Å². The number of hydrogen-bond acceptors (Lipinski definition) is 6. The molecule has 0 aliphatic carbocycles. The largest absolute Gasteiger partial charge is 0.479 e. The van der Waals surface area contributed by atoms with Gasteiger partial charge in [0.15, 0.2) is 12.4 Å². The number of carboxylic acid groups (broad SMARTS) is 1. The molecule has 6 atom stereocenters. The molecule has 0 aromatic heterocycles. The van der Waals surface area contributed by atoms with Gasteiger partial charge in [0.1, 0.15) is 18.3 Å². The fourth-order valence-electron chi connectivity index (χ4n) is 1.49. The van der Waals surface area contributed by atoms with Crippen LogP contribution in [-0.2, 0) is 14.3 Å². The van der Waals surface area contributed by atoms with Gasteiger partial charge in [0.2, 0.25) is 0 Å². The zero-order chi connectivity index (χ0) is 13.2. The summed E-state index contributed by atoms with van der Waals surface area (Å²) >= 11 is 0. The first-order valence-electron chi connectivity index (χ1n) is 5.46. The van der Waals surface area contributed by atoms with Crippen LogP contribution >= 0.6 is 0 Å². The van der Waals surface area contributed by atoms with E-state index in [-0.39, 0.29) is 6.10 Å². The summed E-state index contributed by atoms with van der Waals surface area (Å²) in [5.74, 6) is -1.42. The number of aliphatic hydroxyl groups excluding tert-OH is 3. The maximum absolute atomic E-state index is 10.8. The van der Waals surface area contributed by atoms with Crippen LogP contribution in [-0.4, -0.2) is 63.2 Å². The van der Waals surface area contributed by atoms with Gasteiger partial charge in [-0.1, -0.05) is 6.92 Å². The van der Waals surface area contributed by atoms with Crippen LogP contribution in [0.1, 0.15) is 20.3 Å². The number of carbonyl (C=O) groups is 1. The summed E-state index contributed by atoms with van der Waals surface area (Å²) in [6.07, 6.45) is -7.26. The van der Waals surface area contributed by atoms with Crippen molar-refractivity contribution in [1.29, 1.82) is 0 Å². The minimum atomic E-state index is -1.68. The third-order valence-electron chi connectivity index (χ3n) is 2.75. The molecule has 6 unspecified atom stereocenters. The molecule has 1 saturated heterocycles. The second-order valence-corrected chi connectivity index (χ2v) is 4.09. The summed E-state index contributed by atoms with van der Waals surface area (Å²) in [6, 6.07) is 0. The third kappa shape index (κ3) is 3.14. The Labute approximate surface area is 98.6 Å². The molecule has 0 saturated carbocycles. The summed E-state index contributed by atoms with van der Waals surface area (Å²) in [5.41, 5.74) is 0. The fourth-order valence-corrected chi connectivity index (χ4v) is 1.49. The number of carboxylic acids is 1. The van der Waals surface area contributed by atoms with Crippen LogP contribution < -0.4 is 0 Å². The van der Waals surface area contributed by atoms with Crippen molar-refractivity contribution in [2.24, 2.45) is 0 Å². The smallest absolute Gasteiger partial charge is 0.335 e. The van der Waals surface area contributed by atoms with Crippen LogP contribution in [0.2, 0.25) is 0 Å².